The van der Waals surface area contributed by atoms with Crippen LogP contribution in [0.2, 0.25) is 0 Å². The Labute approximate surface area is 125 Å². The number of aromatic nitrogens is 1. The molecule has 1 fully saturated rings. The molecule has 0 radical (unpaired) electrons. The van der Waals surface area contributed by atoms with Gasteiger partial charge in [0.2, 0.25) is 0 Å². The molecule has 0 aliphatic heterocycles. The second kappa shape index (κ2) is 5.22. The van der Waals surface area contributed by atoms with Crippen LogP contribution in [0, 0.1) is 0 Å². The van der Waals surface area contributed by atoms with E-state index in [0.29, 0.717) is 5.39 Å². The Bertz CT molecular complexity index is 690. The van der Waals surface area contributed by atoms with Gasteiger partial charge >= 0.3 is 0 Å². The van der Waals surface area contributed by atoms with E-state index in [2.05, 4.69) is 15.9 Å². The highest BCUT2D eigenvalue weighted by Crippen LogP contribution is 2.25. The molecule has 1 aromatic carbocycles. The molecule has 0 spiro atoms. The fourth-order valence-electron chi connectivity index (χ4n) is 2.70. The summed E-state index contributed by atoms with van der Waals surface area (Å²) >= 11 is 3.39. The predicted molar refractivity (Wildman–Crippen MR) is 82.5 cm³/mol. The maximum atomic E-state index is 12.5. The minimum absolute atomic E-state index is 0.167. The molecule has 0 bridgehead atoms. The predicted octanol–water partition coefficient (Wildman–Crippen LogP) is 2.81. The summed E-state index contributed by atoms with van der Waals surface area (Å²) in [5.74, 6) is 0. The van der Waals surface area contributed by atoms with Crippen molar-refractivity contribution in [1.82, 2.24) is 4.73 Å². The quantitative estimate of drug-likeness (QED) is 0.858. The van der Waals surface area contributed by atoms with Crippen molar-refractivity contribution in [2.75, 3.05) is 0 Å². The van der Waals surface area contributed by atoms with Gasteiger partial charge in [-0.3, -0.25) is 10.5 Å². The van der Waals surface area contributed by atoms with Gasteiger partial charge in [-0.25, -0.2) is 0 Å². The van der Waals surface area contributed by atoms with Crippen LogP contribution in [0.15, 0.2) is 39.7 Å². The molecule has 1 heterocycles. The zero-order valence-electron chi connectivity index (χ0n) is 11.1. The number of nitrogens with two attached hydrogens (primary N) is 1. The van der Waals surface area contributed by atoms with Gasteiger partial charge in [-0.2, -0.15) is 0 Å². The molecule has 5 heteroatoms. The Morgan fingerprint density at radius 1 is 1.20 bits per heavy atom. The average Bonchev–Trinajstić information content (AvgIpc) is 2.43. The minimum atomic E-state index is -0.720. The Balaban J connectivity index is 2.00. The van der Waals surface area contributed by atoms with E-state index in [9.17, 15) is 4.79 Å². The highest BCUT2D eigenvalue weighted by Gasteiger charge is 2.30. The van der Waals surface area contributed by atoms with E-state index < -0.39 is 5.72 Å². The first kappa shape index (κ1) is 13.6. The summed E-state index contributed by atoms with van der Waals surface area (Å²) in [6.07, 6.45) is 6.50. The first-order valence-corrected chi connectivity index (χ1v) is 7.66. The van der Waals surface area contributed by atoms with E-state index in [0.717, 1.165) is 35.5 Å². The van der Waals surface area contributed by atoms with Crippen LogP contribution in [0.1, 0.15) is 32.1 Å². The average molecular weight is 337 g/mol. The number of hydrogen-bond donors (Lipinski definition) is 1. The largest absolute Gasteiger partial charge is 0.389 e. The molecule has 4 nitrogen and oxygen atoms in total. The molecule has 3 rings (SSSR count). The Kier molecular flexibility index (Phi) is 3.56. The van der Waals surface area contributed by atoms with Gasteiger partial charge in [-0.1, -0.05) is 28.4 Å². The third-order valence-electron chi connectivity index (χ3n) is 3.82. The number of halogens is 1. The van der Waals surface area contributed by atoms with Gasteiger partial charge in [-0.15, -0.1) is 4.73 Å². The monoisotopic (exact) mass is 336 g/mol. The van der Waals surface area contributed by atoms with Crippen LogP contribution < -0.4 is 16.1 Å². The number of nitrogens with zero attached hydrogens (tertiary/aromatic N) is 1. The number of benzene rings is 1. The lowest BCUT2D eigenvalue weighted by Crippen LogP contribution is -2.52. The molecular formula is C15H17BrN2O2. The van der Waals surface area contributed by atoms with Gasteiger partial charge in [0.05, 0.1) is 5.39 Å². The summed E-state index contributed by atoms with van der Waals surface area (Å²) in [5.41, 5.74) is 5.35. The van der Waals surface area contributed by atoms with Crippen LogP contribution in [0.5, 0.6) is 0 Å². The lowest BCUT2D eigenvalue weighted by atomic mass is 9.93. The fourth-order valence-corrected chi connectivity index (χ4v) is 3.06. The van der Waals surface area contributed by atoms with E-state index in [1.54, 1.807) is 6.20 Å². The number of hydrogen-bond acceptors (Lipinski definition) is 3. The molecule has 1 aliphatic carbocycles. The number of rotatable bonds is 2. The van der Waals surface area contributed by atoms with Gasteiger partial charge in [-0.05, 0) is 36.4 Å². The topological polar surface area (TPSA) is 57.2 Å². The SMILES string of the molecule is NC1(On2ccc3ccc(Br)cc3c2=O)CCCCC1. The summed E-state index contributed by atoms with van der Waals surface area (Å²) in [4.78, 5) is 18.2. The Morgan fingerprint density at radius 3 is 2.70 bits per heavy atom. The lowest BCUT2D eigenvalue weighted by Gasteiger charge is -2.33. The molecule has 2 N–H and O–H groups in total. The summed E-state index contributed by atoms with van der Waals surface area (Å²) in [7, 11) is 0. The molecule has 20 heavy (non-hydrogen) atoms. The van der Waals surface area contributed by atoms with Gasteiger partial charge in [0, 0.05) is 23.5 Å². The van der Waals surface area contributed by atoms with Crippen LogP contribution >= 0.6 is 15.9 Å². The maximum absolute atomic E-state index is 12.5. The van der Waals surface area contributed by atoms with Crippen LogP contribution in [-0.4, -0.2) is 10.5 Å². The van der Waals surface area contributed by atoms with Crippen molar-refractivity contribution in [3.8, 4) is 0 Å². The Hall–Kier alpha value is -1.33. The fraction of sp³-hybridized carbons (Fsp3) is 0.400. The summed E-state index contributed by atoms with van der Waals surface area (Å²) in [5, 5.41) is 1.52. The van der Waals surface area contributed by atoms with Crippen LogP contribution in [0.4, 0.5) is 0 Å². The molecule has 0 amide bonds. The first-order valence-electron chi connectivity index (χ1n) is 6.87. The smallest absolute Gasteiger partial charge is 0.290 e. The van der Waals surface area contributed by atoms with E-state index >= 15 is 0 Å². The highest BCUT2D eigenvalue weighted by molar-refractivity contribution is 9.10. The van der Waals surface area contributed by atoms with E-state index in [4.69, 9.17) is 10.6 Å². The van der Waals surface area contributed by atoms with E-state index in [1.807, 2.05) is 24.3 Å². The third-order valence-corrected chi connectivity index (χ3v) is 4.31. The summed E-state index contributed by atoms with van der Waals surface area (Å²) < 4.78 is 2.15. The third kappa shape index (κ3) is 2.60. The lowest BCUT2D eigenvalue weighted by molar-refractivity contribution is -0.0766. The van der Waals surface area contributed by atoms with Gasteiger partial charge < -0.3 is 4.84 Å². The molecule has 0 atom stereocenters. The van der Waals surface area contributed by atoms with Crippen molar-refractivity contribution in [2.45, 2.75) is 37.8 Å². The van der Waals surface area contributed by atoms with Gasteiger partial charge in [0.1, 0.15) is 0 Å². The van der Waals surface area contributed by atoms with Crippen LogP contribution in [-0.2, 0) is 0 Å². The maximum Gasteiger partial charge on any atom is 0.290 e. The number of fused-ring (bicyclic) bond motifs is 1. The molecule has 2 aromatic rings. The summed E-state index contributed by atoms with van der Waals surface area (Å²) in [6, 6.07) is 7.50. The van der Waals surface area contributed by atoms with E-state index in [-0.39, 0.29) is 5.56 Å². The first-order chi connectivity index (χ1) is 9.57. The van der Waals surface area contributed by atoms with Crippen molar-refractivity contribution in [1.29, 1.82) is 0 Å². The molecule has 1 saturated carbocycles. The number of pyridine rings is 1. The summed E-state index contributed by atoms with van der Waals surface area (Å²) in [6.45, 7) is 0. The Morgan fingerprint density at radius 2 is 1.95 bits per heavy atom. The normalized spacial score (nSPS) is 18.1. The molecule has 1 aromatic heterocycles. The van der Waals surface area contributed by atoms with Crippen LogP contribution in [0.3, 0.4) is 0 Å². The van der Waals surface area contributed by atoms with Gasteiger partial charge in [0.15, 0.2) is 5.72 Å². The highest BCUT2D eigenvalue weighted by atomic mass is 79.9. The standard InChI is InChI=1S/C15H17BrN2O2/c16-12-5-4-11-6-9-18(14(19)13(11)10-12)20-15(17)7-2-1-3-8-15/h4-6,9-10H,1-3,7-8,17H2. The molecular weight excluding hydrogens is 320 g/mol. The second-order valence-corrected chi connectivity index (χ2v) is 6.31. The zero-order chi connectivity index (χ0) is 14.2. The molecule has 0 unspecified atom stereocenters. The molecule has 1 aliphatic rings. The van der Waals surface area contributed by atoms with Crippen molar-refractivity contribution in [3.05, 3.63) is 45.3 Å². The molecule has 0 saturated heterocycles. The van der Waals surface area contributed by atoms with Crippen molar-refractivity contribution in [2.24, 2.45) is 5.73 Å². The van der Waals surface area contributed by atoms with E-state index in [1.165, 1.54) is 11.2 Å². The molecule has 106 valence electrons. The van der Waals surface area contributed by atoms with Crippen LogP contribution in [0.25, 0.3) is 10.8 Å². The van der Waals surface area contributed by atoms with Crippen molar-refractivity contribution < 1.29 is 4.84 Å². The second-order valence-electron chi connectivity index (χ2n) is 5.39. The van der Waals surface area contributed by atoms with Crippen molar-refractivity contribution in [3.63, 3.8) is 0 Å². The zero-order valence-corrected chi connectivity index (χ0v) is 12.7. The minimum Gasteiger partial charge on any atom is -0.389 e. The van der Waals surface area contributed by atoms with Gasteiger partial charge in [0.25, 0.3) is 5.56 Å². The van der Waals surface area contributed by atoms with Crippen molar-refractivity contribution >= 4 is 26.7 Å².